The molecule has 1 aliphatic rings. The van der Waals surface area contributed by atoms with Crippen LogP contribution in [0.15, 0.2) is 48.5 Å². The van der Waals surface area contributed by atoms with Crippen molar-refractivity contribution in [3.05, 3.63) is 70.2 Å². The molecule has 2 aromatic rings. The molecule has 4 nitrogen and oxygen atoms in total. The van der Waals surface area contributed by atoms with E-state index in [2.05, 4.69) is 5.32 Å². The van der Waals surface area contributed by atoms with Crippen molar-refractivity contribution in [2.24, 2.45) is 0 Å². The number of benzene rings is 2. The molecular formula is C25H31ClN2O2S. The zero-order valence-corrected chi connectivity index (χ0v) is 19.8. The number of carbonyl (C=O) groups is 2. The number of hydrogen-bond donors (Lipinski definition) is 1. The summed E-state index contributed by atoms with van der Waals surface area (Å²) < 4.78 is 0. The summed E-state index contributed by atoms with van der Waals surface area (Å²) in [4.78, 5) is 27.8. The van der Waals surface area contributed by atoms with Crippen LogP contribution in [0, 0.1) is 6.92 Å². The Kier molecular flexibility index (Phi) is 8.85. The summed E-state index contributed by atoms with van der Waals surface area (Å²) in [6, 6.07) is 15.4. The Balaban J connectivity index is 1.66. The molecular weight excluding hydrogens is 428 g/mol. The molecule has 2 amide bonds. The van der Waals surface area contributed by atoms with Crippen molar-refractivity contribution < 1.29 is 9.59 Å². The fraction of sp³-hybridized carbons (Fsp3) is 0.440. The number of rotatable bonds is 9. The molecule has 0 saturated heterocycles. The van der Waals surface area contributed by atoms with Crippen molar-refractivity contribution in [2.45, 2.75) is 63.9 Å². The van der Waals surface area contributed by atoms with Gasteiger partial charge in [0.05, 0.1) is 5.75 Å². The molecule has 1 saturated carbocycles. The van der Waals surface area contributed by atoms with Crippen molar-refractivity contribution in [2.75, 3.05) is 5.75 Å². The molecule has 166 valence electrons. The second-order valence-electron chi connectivity index (χ2n) is 8.24. The summed E-state index contributed by atoms with van der Waals surface area (Å²) in [6.07, 6.45) is 4.37. The molecule has 1 atom stereocenters. The van der Waals surface area contributed by atoms with E-state index in [-0.39, 0.29) is 17.9 Å². The molecule has 1 unspecified atom stereocenters. The van der Waals surface area contributed by atoms with E-state index in [0.717, 1.165) is 42.4 Å². The highest BCUT2D eigenvalue weighted by molar-refractivity contribution is 7.99. The number of thioether (sulfide) groups is 1. The zero-order chi connectivity index (χ0) is 22.2. The molecule has 0 aliphatic heterocycles. The molecule has 3 rings (SSSR count). The Labute approximate surface area is 194 Å². The largest absolute Gasteiger partial charge is 0.352 e. The lowest BCUT2D eigenvalue weighted by Crippen LogP contribution is -2.50. The van der Waals surface area contributed by atoms with Crippen LogP contribution in [0.3, 0.4) is 0 Å². The maximum absolute atomic E-state index is 13.2. The van der Waals surface area contributed by atoms with Crippen molar-refractivity contribution in [3.8, 4) is 0 Å². The molecule has 0 spiro atoms. The zero-order valence-electron chi connectivity index (χ0n) is 18.3. The van der Waals surface area contributed by atoms with Crippen molar-refractivity contribution >= 4 is 35.2 Å². The van der Waals surface area contributed by atoms with Crippen LogP contribution < -0.4 is 5.32 Å². The van der Waals surface area contributed by atoms with Crippen LogP contribution >= 0.6 is 23.4 Å². The van der Waals surface area contributed by atoms with Crippen LogP contribution in [0.4, 0.5) is 0 Å². The Hall–Kier alpha value is -1.98. The number of halogens is 1. The molecule has 31 heavy (non-hydrogen) atoms. The summed E-state index contributed by atoms with van der Waals surface area (Å²) in [7, 11) is 0. The van der Waals surface area contributed by atoms with Crippen molar-refractivity contribution in [1.82, 2.24) is 10.2 Å². The summed E-state index contributed by atoms with van der Waals surface area (Å²) in [5, 5.41) is 3.85. The quantitative estimate of drug-likeness (QED) is 0.550. The first-order valence-corrected chi connectivity index (χ1v) is 12.4. The number of aryl methyl sites for hydroxylation is 1. The average Bonchev–Trinajstić information content (AvgIpc) is 3.25. The summed E-state index contributed by atoms with van der Waals surface area (Å²) in [5.74, 6) is 0.935. The predicted molar refractivity (Wildman–Crippen MR) is 129 cm³/mol. The Morgan fingerprint density at radius 2 is 1.90 bits per heavy atom. The molecule has 0 bridgehead atoms. The second kappa shape index (κ2) is 11.6. The molecule has 0 heterocycles. The molecule has 1 aliphatic carbocycles. The van der Waals surface area contributed by atoms with Crippen molar-refractivity contribution in [1.29, 1.82) is 0 Å². The van der Waals surface area contributed by atoms with E-state index in [9.17, 15) is 9.59 Å². The van der Waals surface area contributed by atoms with Crippen molar-refractivity contribution in [3.63, 3.8) is 0 Å². The van der Waals surface area contributed by atoms with Gasteiger partial charge in [-0.3, -0.25) is 9.59 Å². The van der Waals surface area contributed by atoms with Gasteiger partial charge in [-0.1, -0.05) is 60.8 Å². The lowest BCUT2D eigenvalue weighted by molar-refractivity contribution is -0.139. The third-order valence-electron chi connectivity index (χ3n) is 5.85. The van der Waals surface area contributed by atoms with E-state index < -0.39 is 6.04 Å². The molecule has 6 heteroatoms. The predicted octanol–water partition coefficient (Wildman–Crippen LogP) is 5.36. The summed E-state index contributed by atoms with van der Waals surface area (Å²) in [6.45, 7) is 4.31. The SMILES string of the molecule is Cc1ccccc1CN(C(=O)CSCc1cccc(Cl)c1)C(C)C(=O)NC1CCCC1. The third kappa shape index (κ3) is 7.01. The van der Waals surface area contributed by atoms with Crippen LogP contribution in [0.25, 0.3) is 0 Å². The van der Waals surface area contributed by atoms with Gasteiger partial charge in [0.2, 0.25) is 11.8 Å². The Morgan fingerprint density at radius 1 is 1.16 bits per heavy atom. The third-order valence-corrected chi connectivity index (χ3v) is 7.08. The maximum atomic E-state index is 13.2. The highest BCUT2D eigenvalue weighted by Crippen LogP contribution is 2.21. The minimum absolute atomic E-state index is 0.0237. The second-order valence-corrected chi connectivity index (χ2v) is 9.66. The van der Waals surface area contributed by atoms with Gasteiger partial charge in [0, 0.05) is 23.4 Å². The Morgan fingerprint density at radius 3 is 2.61 bits per heavy atom. The topological polar surface area (TPSA) is 49.4 Å². The highest BCUT2D eigenvalue weighted by Gasteiger charge is 2.28. The maximum Gasteiger partial charge on any atom is 0.242 e. The van der Waals surface area contributed by atoms with Gasteiger partial charge in [-0.05, 0) is 55.5 Å². The van der Waals surface area contributed by atoms with E-state index in [0.29, 0.717) is 23.1 Å². The summed E-state index contributed by atoms with van der Waals surface area (Å²) in [5.41, 5.74) is 3.27. The van der Waals surface area contributed by atoms with Gasteiger partial charge in [-0.15, -0.1) is 11.8 Å². The molecule has 2 aromatic carbocycles. The fourth-order valence-corrected chi connectivity index (χ4v) is 4.98. The fourth-order valence-electron chi connectivity index (χ4n) is 3.91. The molecule has 1 fully saturated rings. The van der Waals surface area contributed by atoms with Gasteiger partial charge < -0.3 is 10.2 Å². The highest BCUT2D eigenvalue weighted by atomic mass is 35.5. The van der Waals surface area contributed by atoms with Gasteiger partial charge in [-0.2, -0.15) is 0 Å². The van der Waals surface area contributed by atoms with E-state index in [1.807, 2.05) is 62.4 Å². The first-order chi connectivity index (χ1) is 14.9. The minimum atomic E-state index is -0.514. The average molecular weight is 459 g/mol. The number of amides is 2. The van der Waals surface area contributed by atoms with Gasteiger partial charge in [0.15, 0.2) is 0 Å². The summed E-state index contributed by atoms with van der Waals surface area (Å²) >= 11 is 7.61. The van der Waals surface area contributed by atoms with E-state index in [1.54, 1.807) is 16.7 Å². The van der Waals surface area contributed by atoms with Gasteiger partial charge >= 0.3 is 0 Å². The number of nitrogens with zero attached hydrogens (tertiary/aromatic N) is 1. The Bertz CT molecular complexity index is 899. The normalized spacial score (nSPS) is 14.9. The van der Waals surface area contributed by atoms with Crippen LogP contribution in [0.5, 0.6) is 0 Å². The minimum Gasteiger partial charge on any atom is -0.352 e. The lowest BCUT2D eigenvalue weighted by atomic mass is 10.1. The van der Waals surface area contributed by atoms with E-state index >= 15 is 0 Å². The van der Waals surface area contributed by atoms with Crippen LogP contribution in [0.1, 0.15) is 49.3 Å². The first kappa shape index (κ1) is 23.7. The number of hydrogen-bond acceptors (Lipinski definition) is 3. The van der Waals surface area contributed by atoms with E-state index in [1.165, 1.54) is 0 Å². The molecule has 0 aromatic heterocycles. The molecule has 0 radical (unpaired) electrons. The smallest absolute Gasteiger partial charge is 0.242 e. The monoisotopic (exact) mass is 458 g/mol. The number of nitrogens with one attached hydrogen (secondary N) is 1. The van der Waals surface area contributed by atoms with Crippen LogP contribution in [0.2, 0.25) is 5.02 Å². The number of carbonyl (C=O) groups excluding carboxylic acids is 2. The van der Waals surface area contributed by atoms with E-state index in [4.69, 9.17) is 11.6 Å². The van der Waals surface area contributed by atoms with Crippen LogP contribution in [-0.4, -0.2) is 34.6 Å². The van der Waals surface area contributed by atoms with Gasteiger partial charge in [0.25, 0.3) is 0 Å². The standard InChI is InChI=1S/C25H31ClN2O2S/c1-18-8-3-4-10-21(18)15-28(19(2)25(30)27-23-12-5-6-13-23)24(29)17-31-16-20-9-7-11-22(26)14-20/h3-4,7-11,14,19,23H,5-6,12-13,15-17H2,1-2H3,(H,27,30). The molecule has 1 N–H and O–H groups in total. The van der Waals surface area contributed by atoms with Gasteiger partial charge in [-0.25, -0.2) is 0 Å². The first-order valence-electron chi connectivity index (χ1n) is 10.9. The van der Waals surface area contributed by atoms with Crippen LogP contribution in [-0.2, 0) is 21.9 Å². The lowest BCUT2D eigenvalue weighted by Gasteiger charge is -2.30. The van der Waals surface area contributed by atoms with Gasteiger partial charge in [0.1, 0.15) is 6.04 Å².